The lowest BCUT2D eigenvalue weighted by atomic mass is 9.83. The summed E-state index contributed by atoms with van der Waals surface area (Å²) in [5, 5.41) is 13.0. The van der Waals surface area contributed by atoms with E-state index in [1.54, 1.807) is 0 Å². The molecule has 3 fully saturated rings. The highest BCUT2D eigenvalue weighted by molar-refractivity contribution is 5.78. The van der Waals surface area contributed by atoms with Gasteiger partial charge in [0.05, 0.1) is 11.6 Å². The number of piperazine rings is 1. The number of hydrogen-bond donors (Lipinski definition) is 2. The van der Waals surface area contributed by atoms with E-state index in [9.17, 15) is 14.7 Å². The molecule has 158 valence electrons. The van der Waals surface area contributed by atoms with E-state index in [1.807, 2.05) is 11.0 Å². The van der Waals surface area contributed by atoms with Gasteiger partial charge in [0.2, 0.25) is 11.8 Å². The third-order valence-electron chi connectivity index (χ3n) is 6.58. The summed E-state index contributed by atoms with van der Waals surface area (Å²) in [5.74, 6) is -0.00652. The van der Waals surface area contributed by atoms with Gasteiger partial charge in [0.25, 0.3) is 0 Å². The van der Waals surface area contributed by atoms with Crippen LogP contribution >= 0.6 is 0 Å². The summed E-state index contributed by atoms with van der Waals surface area (Å²) in [4.78, 5) is 30.7. The fourth-order valence-electron chi connectivity index (χ4n) is 5.26. The highest BCUT2D eigenvalue weighted by Crippen LogP contribution is 2.39. The number of hydrogen-bond acceptors (Lipinski definition) is 5. The third-order valence-corrected chi connectivity index (χ3v) is 6.58. The Bertz CT molecular complexity index is 735. The smallest absolute Gasteiger partial charge is 0.224 e. The number of benzene rings is 1. The van der Waals surface area contributed by atoms with Crippen molar-refractivity contribution in [2.75, 3.05) is 45.8 Å². The van der Waals surface area contributed by atoms with Crippen LogP contribution < -0.4 is 5.32 Å². The molecule has 4 rings (SSSR count). The standard InChI is InChI=1S/C22H32N4O3/c1-17(27)23-9-7-21(29)25-12-19-11-20(28)13-26(19)22(16-25)14-24(15-22)10-8-18-5-3-2-4-6-18/h2-6,19-20,28H,7-16H2,1H3,(H,23,27). The second-order valence-corrected chi connectivity index (χ2v) is 8.87. The maximum Gasteiger partial charge on any atom is 0.224 e. The van der Waals surface area contributed by atoms with Crippen LogP contribution in [0.1, 0.15) is 25.3 Å². The minimum Gasteiger partial charge on any atom is -0.392 e. The Labute approximate surface area is 172 Å². The number of nitrogens with zero attached hydrogens (tertiary/aromatic N) is 3. The van der Waals surface area contributed by atoms with Gasteiger partial charge in [-0.2, -0.15) is 0 Å². The summed E-state index contributed by atoms with van der Waals surface area (Å²) in [6.45, 7) is 6.87. The predicted molar refractivity (Wildman–Crippen MR) is 110 cm³/mol. The van der Waals surface area contributed by atoms with Crippen LogP contribution in [0.3, 0.4) is 0 Å². The predicted octanol–water partition coefficient (Wildman–Crippen LogP) is 0.0871. The first-order chi connectivity index (χ1) is 13.9. The highest BCUT2D eigenvalue weighted by Gasteiger charge is 2.56. The number of carbonyl (C=O) groups excluding carboxylic acids is 2. The maximum absolute atomic E-state index is 12.7. The van der Waals surface area contributed by atoms with Crippen molar-refractivity contribution in [3.05, 3.63) is 35.9 Å². The molecule has 3 aliphatic heterocycles. The first-order valence-electron chi connectivity index (χ1n) is 10.7. The molecule has 0 radical (unpaired) electrons. The van der Waals surface area contributed by atoms with Gasteiger partial charge in [0, 0.05) is 65.2 Å². The summed E-state index contributed by atoms with van der Waals surface area (Å²) in [7, 11) is 0. The fraction of sp³-hybridized carbons (Fsp3) is 0.636. The second-order valence-electron chi connectivity index (χ2n) is 8.87. The topological polar surface area (TPSA) is 76.1 Å². The summed E-state index contributed by atoms with van der Waals surface area (Å²) in [6.07, 6.45) is 1.80. The van der Waals surface area contributed by atoms with Gasteiger partial charge in [-0.3, -0.25) is 19.4 Å². The van der Waals surface area contributed by atoms with E-state index in [2.05, 4.69) is 39.4 Å². The van der Waals surface area contributed by atoms with E-state index in [4.69, 9.17) is 0 Å². The molecule has 1 aromatic carbocycles. The number of likely N-dealkylation sites (tertiary alicyclic amines) is 1. The molecule has 2 amide bonds. The molecule has 2 N–H and O–H groups in total. The van der Waals surface area contributed by atoms with Crippen LogP contribution in [0.2, 0.25) is 0 Å². The van der Waals surface area contributed by atoms with Gasteiger partial charge < -0.3 is 15.3 Å². The average Bonchev–Trinajstić information content (AvgIpc) is 3.05. The normalized spacial score (nSPS) is 26.2. The van der Waals surface area contributed by atoms with Crippen molar-refractivity contribution in [3.8, 4) is 0 Å². The number of aliphatic hydroxyl groups excluding tert-OH is 1. The summed E-state index contributed by atoms with van der Waals surface area (Å²) >= 11 is 0. The molecule has 7 heteroatoms. The molecule has 2 unspecified atom stereocenters. The molecule has 1 aromatic rings. The Morgan fingerprint density at radius 1 is 1.17 bits per heavy atom. The number of nitrogens with one attached hydrogen (secondary N) is 1. The quantitative estimate of drug-likeness (QED) is 0.708. The van der Waals surface area contributed by atoms with Crippen molar-refractivity contribution in [1.82, 2.24) is 20.0 Å². The molecule has 0 aromatic heterocycles. The molecular weight excluding hydrogens is 368 g/mol. The minimum absolute atomic E-state index is 0.0409. The Morgan fingerprint density at radius 2 is 1.93 bits per heavy atom. The van der Waals surface area contributed by atoms with Crippen LogP contribution in [-0.4, -0.2) is 95.1 Å². The van der Waals surface area contributed by atoms with Crippen molar-refractivity contribution in [2.24, 2.45) is 0 Å². The zero-order chi connectivity index (χ0) is 20.4. The number of rotatable bonds is 6. The highest BCUT2D eigenvalue weighted by atomic mass is 16.3. The monoisotopic (exact) mass is 400 g/mol. The minimum atomic E-state index is -0.301. The summed E-state index contributed by atoms with van der Waals surface area (Å²) < 4.78 is 0. The van der Waals surface area contributed by atoms with Crippen LogP contribution in [-0.2, 0) is 16.0 Å². The van der Waals surface area contributed by atoms with Crippen molar-refractivity contribution in [2.45, 2.75) is 43.9 Å². The molecule has 2 atom stereocenters. The SMILES string of the molecule is CC(=O)NCCC(=O)N1CC2CC(O)CN2C2(CN(CCc3ccccc3)C2)C1. The summed E-state index contributed by atoms with van der Waals surface area (Å²) in [6, 6.07) is 10.8. The van der Waals surface area contributed by atoms with Crippen LogP contribution in [0.25, 0.3) is 0 Å². The number of β-amino-alcohol motifs (C(OH)–C–C–N with tert-alkyl or cyclic N) is 1. The number of carbonyl (C=O) groups is 2. The van der Waals surface area contributed by atoms with Gasteiger partial charge in [-0.15, -0.1) is 0 Å². The molecule has 0 aliphatic carbocycles. The Kier molecular flexibility index (Phi) is 5.90. The molecule has 0 bridgehead atoms. The molecule has 1 spiro atoms. The van der Waals surface area contributed by atoms with E-state index in [0.717, 1.165) is 39.0 Å². The number of aliphatic hydroxyl groups is 1. The number of fused-ring (bicyclic) bond motifs is 2. The van der Waals surface area contributed by atoms with E-state index in [1.165, 1.54) is 12.5 Å². The van der Waals surface area contributed by atoms with E-state index in [0.29, 0.717) is 26.1 Å². The first kappa shape index (κ1) is 20.3. The molecule has 7 nitrogen and oxygen atoms in total. The zero-order valence-electron chi connectivity index (χ0n) is 17.2. The van der Waals surface area contributed by atoms with E-state index in [-0.39, 0.29) is 29.5 Å². The van der Waals surface area contributed by atoms with Crippen LogP contribution in [0.5, 0.6) is 0 Å². The van der Waals surface area contributed by atoms with Crippen LogP contribution in [0.4, 0.5) is 0 Å². The second kappa shape index (κ2) is 8.42. The van der Waals surface area contributed by atoms with Crippen LogP contribution in [0, 0.1) is 0 Å². The van der Waals surface area contributed by atoms with Gasteiger partial charge in [-0.1, -0.05) is 30.3 Å². The van der Waals surface area contributed by atoms with Gasteiger partial charge >= 0.3 is 0 Å². The van der Waals surface area contributed by atoms with E-state index < -0.39 is 0 Å². The molecule has 3 heterocycles. The fourth-order valence-corrected chi connectivity index (χ4v) is 5.26. The molecule has 29 heavy (non-hydrogen) atoms. The largest absolute Gasteiger partial charge is 0.392 e. The molecular formula is C22H32N4O3. The number of amides is 2. The summed E-state index contributed by atoms with van der Waals surface area (Å²) in [5.41, 5.74) is 1.31. The maximum atomic E-state index is 12.7. The molecule has 3 aliphatic rings. The Morgan fingerprint density at radius 3 is 2.66 bits per heavy atom. The Balaban J connectivity index is 1.36. The van der Waals surface area contributed by atoms with Gasteiger partial charge in [0.1, 0.15) is 0 Å². The van der Waals surface area contributed by atoms with E-state index >= 15 is 0 Å². The van der Waals surface area contributed by atoms with Gasteiger partial charge in [-0.25, -0.2) is 0 Å². The first-order valence-corrected chi connectivity index (χ1v) is 10.7. The Hall–Kier alpha value is -1.96. The van der Waals surface area contributed by atoms with Gasteiger partial charge in [0.15, 0.2) is 0 Å². The molecule has 3 saturated heterocycles. The lowest BCUT2D eigenvalue weighted by molar-refractivity contribution is -0.150. The zero-order valence-corrected chi connectivity index (χ0v) is 17.2. The lowest BCUT2D eigenvalue weighted by Crippen LogP contribution is -2.78. The van der Waals surface area contributed by atoms with Gasteiger partial charge in [-0.05, 0) is 18.4 Å². The molecule has 0 saturated carbocycles. The lowest BCUT2D eigenvalue weighted by Gasteiger charge is -2.61. The van der Waals surface area contributed by atoms with Crippen LogP contribution in [0.15, 0.2) is 30.3 Å². The van der Waals surface area contributed by atoms with Crippen molar-refractivity contribution < 1.29 is 14.7 Å². The van der Waals surface area contributed by atoms with Crippen molar-refractivity contribution in [3.63, 3.8) is 0 Å². The van der Waals surface area contributed by atoms with Crippen molar-refractivity contribution >= 4 is 11.8 Å². The van der Waals surface area contributed by atoms with Crippen molar-refractivity contribution in [1.29, 1.82) is 0 Å². The average molecular weight is 401 g/mol. The third kappa shape index (κ3) is 4.47.